The Morgan fingerprint density at radius 1 is 1.43 bits per heavy atom. The van der Waals surface area contributed by atoms with E-state index in [1.807, 2.05) is 6.92 Å². The lowest BCUT2D eigenvalue weighted by Gasteiger charge is -2.23. The van der Waals surface area contributed by atoms with E-state index in [4.69, 9.17) is 5.73 Å². The third-order valence-corrected chi connectivity index (χ3v) is 3.29. The van der Waals surface area contributed by atoms with Crippen LogP contribution >= 0.6 is 0 Å². The van der Waals surface area contributed by atoms with E-state index >= 15 is 0 Å². The highest BCUT2D eigenvalue weighted by molar-refractivity contribution is 5.95. The van der Waals surface area contributed by atoms with Gasteiger partial charge in [-0.2, -0.15) is 0 Å². The molecule has 0 aliphatic carbocycles. The molecule has 0 aliphatic rings. The molecule has 7 heteroatoms. The summed E-state index contributed by atoms with van der Waals surface area (Å²) in [4.78, 5) is 24.5. The second-order valence-corrected chi connectivity index (χ2v) is 4.89. The van der Waals surface area contributed by atoms with Crippen LogP contribution in [0.3, 0.4) is 0 Å². The second kappa shape index (κ2) is 7.58. The van der Waals surface area contributed by atoms with Gasteiger partial charge >= 0.3 is 0 Å². The molecule has 0 fully saturated rings. The van der Waals surface area contributed by atoms with Crippen LogP contribution in [0.2, 0.25) is 0 Å². The van der Waals surface area contributed by atoms with Crippen LogP contribution in [-0.2, 0) is 0 Å². The van der Waals surface area contributed by atoms with E-state index in [-0.39, 0.29) is 28.9 Å². The van der Waals surface area contributed by atoms with Crippen LogP contribution in [0.15, 0.2) is 18.2 Å². The van der Waals surface area contributed by atoms with Crippen LogP contribution in [0.4, 0.5) is 11.4 Å². The molecule has 0 saturated heterocycles. The van der Waals surface area contributed by atoms with Gasteiger partial charge in [0.25, 0.3) is 11.6 Å². The standard InChI is InChI=1S/C14H22N4O3/c1-4-17(5-2)9-10(3)16-14(19)11-6-7-12(15)13(8-11)18(20)21/h6-8,10H,4-5,9,15H2,1-3H3,(H,16,19). The van der Waals surface area contributed by atoms with Crippen molar-refractivity contribution >= 4 is 17.3 Å². The maximum absolute atomic E-state index is 12.1. The van der Waals surface area contributed by atoms with Crippen LogP contribution in [0.1, 0.15) is 31.1 Å². The predicted octanol–water partition coefficient (Wildman–Crippen LogP) is 1.64. The van der Waals surface area contributed by atoms with Gasteiger partial charge in [-0.1, -0.05) is 13.8 Å². The van der Waals surface area contributed by atoms with E-state index in [0.717, 1.165) is 19.6 Å². The van der Waals surface area contributed by atoms with E-state index in [1.54, 1.807) is 0 Å². The van der Waals surface area contributed by atoms with E-state index < -0.39 is 4.92 Å². The molecule has 116 valence electrons. The molecule has 1 unspecified atom stereocenters. The van der Waals surface area contributed by atoms with Gasteiger partial charge in [0.1, 0.15) is 5.69 Å². The van der Waals surface area contributed by atoms with Crippen molar-refractivity contribution in [1.82, 2.24) is 10.2 Å². The number of likely N-dealkylation sites (N-methyl/N-ethyl adjacent to an activating group) is 1. The number of amides is 1. The van der Waals surface area contributed by atoms with Gasteiger partial charge in [0.2, 0.25) is 0 Å². The van der Waals surface area contributed by atoms with Gasteiger partial charge in [-0.15, -0.1) is 0 Å². The van der Waals surface area contributed by atoms with Gasteiger partial charge in [-0.3, -0.25) is 14.9 Å². The largest absolute Gasteiger partial charge is 0.393 e. The summed E-state index contributed by atoms with van der Waals surface area (Å²) in [5, 5.41) is 13.7. The lowest BCUT2D eigenvalue weighted by atomic mass is 10.1. The molecule has 1 atom stereocenters. The van der Waals surface area contributed by atoms with E-state index in [1.165, 1.54) is 18.2 Å². The van der Waals surface area contributed by atoms with Gasteiger partial charge in [0.05, 0.1) is 4.92 Å². The summed E-state index contributed by atoms with van der Waals surface area (Å²) < 4.78 is 0. The maximum Gasteiger partial charge on any atom is 0.292 e. The SMILES string of the molecule is CCN(CC)CC(C)NC(=O)c1ccc(N)c([N+](=O)[O-])c1. The van der Waals surface area contributed by atoms with E-state index in [0.29, 0.717) is 0 Å². The molecule has 1 amide bonds. The smallest absolute Gasteiger partial charge is 0.292 e. The van der Waals surface area contributed by atoms with Gasteiger partial charge in [0.15, 0.2) is 0 Å². The summed E-state index contributed by atoms with van der Waals surface area (Å²) in [5.74, 6) is -0.335. The highest BCUT2D eigenvalue weighted by Crippen LogP contribution is 2.22. The second-order valence-electron chi connectivity index (χ2n) is 4.89. The highest BCUT2D eigenvalue weighted by atomic mass is 16.6. The Hall–Kier alpha value is -2.15. The molecule has 0 bridgehead atoms. The van der Waals surface area contributed by atoms with Gasteiger partial charge in [-0.05, 0) is 32.1 Å². The number of nitrogen functional groups attached to an aromatic ring is 1. The third kappa shape index (κ3) is 4.71. The molecule has 1 aromatic carbocycles. The Bertz CT molecular complexity index is 515. The first kappa shape index (κ1) is 16.9. The Kier molecular flexibility index (Phi) is 6.10. The molecular formula is C14H22N4O3. The van der Waals surface area contributed by atoms with Crippen LogP contribution < -0.4 is 11.1 Å². The zero-order valence-corrected chi connectivity index (χ0v) is 12.6. The van der Waals surface area contributed by atoms with Gasteiger partial charge in [-0.25, -0.2) is 0 Å². The van der Waals surface area contributed by atoms with E-state index in [2.05, 4.69) is 24.1 Å². The minimum Gasteiger partial charge on any atom is -0.393 e. The lowest BCUT2D eigenvalue weighted by molar-refractivity contribution is -0.383. The fourth-order valence-electron chi connectivity index (χ4n) is 2.06. The van der Waals surface area contributed by atoms with Gasteiger partial charge < -0.3 is 16.0 Å². The zero-order valence-electron chi connectivity index (χ0n) is 12.6. The van der Waals surface area contributed by atoms with Crippen molar-refractivity contribution in [2.24, 2.45) is 0 Å². The first-order valence-electron chi connectivity index (χ1n) is 6.96. The number of nitrogens with two attached hydrogens (primary N) is 1. The van der Waals surface area contributed by atoms with Crippen molar-refractivity contribution in [2.45, 2.75) is 26.8 Å². The zero-order chi connectivity index (χ0) is 16.0. The Morgan fingerprint density at radius 3 is 2.57 bits per heavy atom. The number of hydrogen-bond donors (Lipinski definition) is 2. The summed E-state index contributed by atoms with van der Waals surface area (Å²) in [6.45, 7) is 8.56. The van der Waals surface area contributed by atoms with Crippen molar-refractivity contribution < 1.29 is 9.72 Å². The summed E-state index contributed by atoms with van der Waals surface area (Å²) in [6, 6.07) is 4.02. The summed E-state index contributed by atoms with van der Waals surface area (Å²) in [5.41, 5.74) is 5.55. The molecule has 0 saturated carbocycles. The fourth-order valence-corrected chi connectivity index (χ4v) is 2.06. The number of nitro benzene ring substituents is 1. The summed E-state index contributed by atoms with van der Waals surface area (Å²) in [6.07, 6.45) is 0. The number of nitrogens with zero attached hydrogens (tertiary/aromatic N) is 2. The highest BCUT2D eigenvalue weighted by Gasteiger charge is 2.17. The average molecular weight is 294 g/mol. The molecule has 0 aromatic heterocycles. The first-order valence-corrected chi connectivity index (χ1v) is 6.96. The number of carbonyl (C=O) groups is 1. The molecule has 0 heterocycles. The molecule has 0 spiro atoms. The van der Waals surface area contributed by atoms with Crippen molar-refractivity contribution in [3.8, 4) is 0 Å². The summed E-state index contributed by atoms with van der Waals surface area (Å²) >= 11 is 0. The molecule has 0 aliphatic heterocycles. The van der Waals surface area contributed by atoms with Crippen molar-refractivity contribution in [3.63, 3.8) is 0 Å². The Balaban J connectivity index is 2.76. The molecule has 7 nitrogen and oxygen atoms in total. The fraction of sp³-hybridized carbons (Fsp3) is 0.500. The minimum atomic E-state index is -0.592. The third-order valence-electron chi connectivity index (χ3n) is 3.29. The first-order chi connectivity index (χ1) is 9.88. The number of hydrogen-bond acceptors (Lipinski definition) is 5. The number of rotatable bonds is 7. The lowest BCUT2D eigenvalue weighted by Crippen LogP contribution is -2.41. The van der Waals surface area contributed by atoms with Crippen LogP contribution in [0.25, 0.3) is 0 Å². The number of carbonyl (C=O) groups excluding carboxylic acids is 1. The Morgan fingerprint density at radius 2 is 2.05 bits per heavy atom. The average Bonchev–Trinajstić information content (AvgIpc) is 2.44. The topological polar surface area (TPSA) is 102 Å². The number of benzene rings is 1. The summed E-state index contributed by atoms with van der Waals surface area (Å²) in [7, 11) is 0. The maximum atomic E-state index is 12.1. The monoisotopic (exact) mass is 294 g/mol. The molecule has 1 rings (SSSR count). The number of anilines is 1. The van der Waals surface area contributed by atoms with Crippen molar-refractivity contribution in [3.05, 3.63) is 33.9 Å². The molecular weight excluding hydrogens is 272 g/mol. The minimum absolute atomic E-state index is 0.0472. The molecule has 21 heavy (non-hydrogen) atoms. The number of nitro groups is 1. The molecule has 1 aromatic rings. The van der Waals surface area contributed by atoms with Crippen molar-refractivity contribution in [2.75, 3.05) is 25.4 Å². The number of nitrogens with one attached hydrogen (secondary N) is 1. The van der Waals surface area contributed by atoms with Crippen molar-refractivity contribution in [1.29, 1.82) is 0 Å². The quantitative estimate of drug-likeness (QED) is 0.452. The van der Waals surface area contributed by atoms with E-state index in [9.17, 15) is 14.9 Å². The normalized spacial score (nSPS) is 12.2. The van der Waals surface area contributed by atoms with Crippen LogP contribution in [0.5, 0.6) is 0 Å². The van der Waals surface area contributed by atoms with Crippen LogP contribution in [-0.4, -0.2) is 41.4 Å². The predicted molar refractivity (Wildman–Crippen MR) is 82.2 cm³/mol. The Labute approximate surface area is 124 Å². The molecule has 0 radical (unpaired) electrons. The molecule has 3 N–H and O–H groups in total. The van der Waals surface area contributed by atoms with Crippen LogP contribution in [0, 0.1) is 10.1 Å². The van der Waals surface area contributed by atoms with Gasteiger partial charge in [0, 0.05) is 24.2 Å².